The smallest absolute Gasteiger partial charge is 0.253 e. The van der Waals surface area contributed by atoms with Crippen LogP contribution in [0.4, 0.5) is 0 Å². The minimum absolute atomic E-state index is 0.0709. The molecular formula is C14H17BrClNOS. The summed E-state index contributed by atoms with van der Waals surface area (Å²) in [6, 6.07) is 5.71. The minimum atomic E-state index is -0.0709. The molecule has 0 aliphatic heterocycles. The van der Waals surface area contributed by atoms with E-state index in [0.29, 0.717) is 15.8 Å². The quantitative estimate of drug-likeness (QED) is 0.854. The Balaban J connectivity index is 1.97. The molecule has 1 amide bonds. The topological polar surface area (TPSA) is 29.1 Å². The van der Waals surface area contributed by atoms with Crippen molar-refractivity contribution in [3.05, 3.63) is 33.3 Å². The van der Waals surface area contributed by atoms with Crippen molar-refractivity contribution in [2.45, 2.75) is 37.5 Å². The predicted octanol–water partition coefficient (Wildman–Crippen LogP) is 4.51. The zero-order valence-corrected chi connectivity index (χ0v) is 13.9. The Morgan fingerprint density at radius 3 is 3.05 bits per heavy atom. The number of nitrogens with one attached hydrogen (secondary N) is 1. The number of carbonyl (C=O) groups is 1. The second-order valence-electron chi connectivity index (χ2n) is 4.66. The van der Waals surface area contributed by atoms with Crippen LogP contribution in [0, 0.1) is 0 Å². The second kappa shape index (κ2) is 7.00. The summed E-state index contributed by atoms with van der Waals surface area (Å²) in [6.07, 6.45) is 3.32. The average Bonchev–Trinajstić information content (AvgIpc) is 2.80. The first-order valence-electron chi connectivity index (χ1n) is 6.48. The number of rotatable bonds is 4. The van der Waals surface area contributed by atoms with E-state index in [1.165, 1.54) is 6.42 Å². The van der Waals surface area contributed by atoms with Crippen LogP contribution in [0.3, 0.4) is 0 Å². The van der Waals surface area contributed by atoms with E-state index in [4.69, 9.17) is 11.6 Å². The Hall–Kier alpha value is -0.190. The molecule has 1 aliphatic carbocycles. The molecule has 0 spiro atoms. The van der Waals surface area contributed by atoms with Crippen LogP contribution in [-0.2, 0) is 0 Å². The van der Waals surface area contributed by atoms with Gasteiger partial charge in [0, 0.05) is 15.8 Å². The lowest BCUT2D eigenvalue weighted by molar-refractivity contribution is 0.0938. The number of benzene rings is 1. The summed E-state index contributed by atoms with van der Waals surface area (Å²) in [5.41, 5.74) is 0.544. The highest BCUT2D eigenvalue weighted by molar-refractivity contribution is 9.10. The summed E-state index contributed by atoms with van der Waals surface area (Å²) in [7, 11) is 0. The molecule has 2 unspecified atom stereocenters. The fourth-order valence-corrected chi connectivity index (χ4v) is 4.12. The van der Waals surface area contributed by atoms with Crippen molar-refractivity contribution in [1.29, 1.82) is 0 Å². The maximum Gasteiger partial charge on any atom is 0.253 e. The maximum atomic E-state index is 12.2. The molecule has 1 aromatic carbocycles. The number of carbonyl (C=O) groups excluding carboxylic acids is 1. The number of halogens is 2. The molecular weight excluding hydrogens is 346 g/mol. The molecule has 0 radical (unpaired) electrons. The van der Waals surface area contributed by atoms with Gasteiger partial charge in [0.25, 0.3) is 5.91 Å². The van der Waals surface area contributed by atoms with Gasteiger partial charge < -0.3 is 5.32 Å². The Bertz CT molecular complexity index is 469. The van der Waals surface area contributed by atoms with Gasteiger partial charge in [-0.1, -0.05) is 24.6 Å². The van der Waals surface area contributed by atoms with Crippen LogP contribution in [0.15, 0.2) is 22.7 Å². The highest BCUT2D eigenvalue weighted by atomic mass is 79.9. The fourth-order valence-electron chi connectivity index (χ4n) is 2.40. The zero-order chi connectivity index (χ0) is 13.8. The lowest BCUT2D eigenvalue weighted by Gasteiger charge is -2.14. The molecule has 1 aliphatic rings. The highest BCUT2D eigenvalue weighted by Gasteiger charge is 2.26. The van der Waals surface area contributed by atoms with E-state index in [9.17, 15) is 4.79 Å². The molecule has 0 bridgehead atoms. The molecule has 19 heavy (non-hydrogen) atoms. The molecule has 5 heteroatoms. The van der Waals surface area contributed by atoms with E-state index in [1.54, 1.807) is 6.07 Å². The molecule has 0 aromatic heterocycles. The van der Waals surface area contributed by atoms with Crippen molar-refractivity contribution in [3.8, 4) is 0 Å². The van der Waals surface area contributed by atoms with Crippen LogP contribution in [0.25, 0.3) is 0 Å². The van der Waals surface area contributed by atoms with Crippen LogP contribution in [-0.4, -0.2) is 23.0 Å². The SMILES string of the molecule is CCSC1CCC(NC(=O)c2cccc(Br)c2Cl)C1. The number of amides is 1. The standard InChI is InChI=1S/C14H17BrClNOS/c1-2-19-10-7-6-9(8-10)17-14(18)11-4-3-5-12(15)13(11)16/h3-5,9-10H,2,6-8H2,1H3,(H,17,18). The molecule has 2 rings (SSSR count). The first-order chi connectivity index (χ1) is 9.11. The van der Waals surface area contributed by atoms with Gasteiger partial charge in [-0.2, -0.15) is 11.8 Å². The Morgan fingerprint density at radius 2 is 2.32 bits per heavy atom. The number of hydrogen-bond acceptors (Lipinski definition) is 2. The van der Waals surface area contributed by atoms with Crippen LogP contribution in [0.2, 0.25) is 5.02 Å². The normalized spacial score (nSPS) is 22.5. The molecule has 0 saturated heterocycles. The van der Waals surface area contributed by atoms with E-state index >= 15 is 0 Å². The molecule has 2 atom stereocenters. The van der Waals surface area contributed by atoms with Crippen LogP contribution in [0.1, 0.15) is 36.5 Å². The van der Waals surface area contributed by atoms with Gasteiger partial charge in [0.15, 0.2) is 0 Å². The zero-order valence-electron chi connectivity index (χ0n) is 10.8. The van der Waals surface area contributed by atoms with Gasteiger partial charge in [0.1, 0.15) is 0 Å². The molecule has 2 nitrogen and oxygen atoms in total. The van der Waals surface area contributed by atoms with Gasteiger partial charge in [-0.15, -0.1) is 0 Å². The van der Waals surface area contributed by atoms with Crippen molar-refractivity contribution < 1.29 is 4.79 Å². The van der Waals surface area contributed by atoms with E-state index < -0.39 is 0 Å². The van der Waals surface area contributed by atoms with Crippen molar-refractivity contribution in [1.82, 2.24) is 5.32 Å². The summed E-state index contributed by atoms with van der Waals surface area (Å²) in [5, 5.41) is 4.27. The van der Waals surface area contributed by atoms with E-state index in [2.05, 4.69) is 28.2 Å². The molecule has 1 fully saturated rings. The molecule has 1 N–H and O–H groups in total. The molecule has 1 saturated carbocycles. The Kier molecular flexibility index (Phi) is 5.60. The summed E-state index contributed by atoms with van der Waals surface area (Å²) in [4.78, 5) is 12.2. The Labute approximate surface area is 131 Å². The van der Waals surface area contributed by atoms with Crippen LogP contribution >= 0.6 is 39.3 Å². The first kappa shape index (κ1) is 15.2. The number of thioether (sulfide) groups is 1. The third-order valence-electron chi connectivity index (χ3n) is 3.32. The van der Waals surface area contributed by atoms with Gasteiger partial charge in [-0.05, 0) is 53.1 Å². The van der Waals surface area contributed by atoms with Crippen molar-refractivity contribution in [2.24, 2.45) is 0 Å². The van der Waals surface area contributed by atoms with Gasteiger partial charge >= 0.3 is 0 Å². The van der Waals surface area contributed by atoms with Crippen LogP contribution < -0.4 is 5.32 Å². The lowest BCUT2D eigenvalue weighted by Crippen LogP contribution is -2.33. The van der Waals surface area contributed by atoms with Crippen molar-refractivity contribution in [2.75, 3.05) is 5.75 Å². The van der Waals surface area contributed by atoms with Gasteiger partial charge in [-0.3, -0.25) is 4.79 Å². The third kappa shape index (κ3) is 3.89. The summed E-state index contributed by atoms with van der Waals surface area (Å²) in [6.45, 7) is 2.18. The van der Waals surface area contributed by atoms with Gasteiger partial charge in [0.2, 0.25) is 0 Å². The minimum Gasteiger partial charge on any atom is -0.349 e. The van der Waals surface area contributed by atoms with Crippen molar-refractivity contribution >= 4 is 45.2 Å². The summed E-state index contributed by atoms with van der Waals surface area (Å²) in [5.74, 6) is 1.07. The second-order valence-corrected chi connectivity index (χ2v) is 7.47. The Morgan fingerprint density at radius 1 is 1.53 bits per heavy atom. The lowest BCUT2D eigenvalue weighted by atomic mass is 10.2. The predicted molar refractivity (Wildman–Crippen MR) is 86.2 cm³/mol. The highest BCUT2D eigenvalue weighted by Crippen LogP contribution is 2.30. The van der Waals surface area contributed by atoms with Gasteiger partial charge in [0.05, 0.1) is 10.6 Å². The largest absolute Gasteiger partial charge is 0.349 e. The third-order valence-corrected chi connectivity index (χ3v) is 5.85. The average molecular weight is 363 g/mol. The first-order valence-corrected chi connectivity index (χ1v) is 8.70. The monoisotopic (exact) mass is 361 g/mol. The van der Waals surface area contributed by atoms with E-state index in [-0.39, 0.29) is 11.9 Å². The van der Waals surface area contributed by atoms with Crippen LogP contribution in [0.5, 0.6) is 0 Å². The molecule has 104 valence electrons. The van der Waals surface area contributed by atoms with Gasteiger partial charge in [-0.25, -0.2) is 0 Å². The number of hydrogen-bond donors (Lipinski definition) is 1. The molecule has 1 aromatic rings. The van der Waals surface area contributed by atoms with E-state index in [1.807, 2.05) is 23.9 Å². The maximum absolute atomic E-state index is 12.2. The summed E-state index contributed by atoms with van der Waals surface area (Å²) >= 11 is 11.5. The van der Waals surface area contributed by atoms with Crippen molar-refractivity contribution in [3.63, 3.8) is 0 Å². The van der Waals surface area contributed by atoms with E-state index in [0.717, 1.165) is 23.1 Å². The summed E-state index contributed by atoms with van der Waals surface area (Å²) < 4.78 is 0.757. The fraction of sp³-hybridized carbons (Fsp3) is 0.500. The molecule has 0 heterocycles.